The molecule has 1 aliphatic carbocycles. The van der Waals surface area contributed by atoms with Gasteiger partial charge in [0.05, 0.1) is 4.75 Å². The highest BCUT2D eigenvalue weighted by Crippen LogP contribution is 2.46. The maximum atomic E-state index is 13.8. The highest BCUT2D eigenvalue weighted by molar-refractivity contribution is 7.91. The molecule has 15 heteroatoms. The van der Waals surface area contributed by atoms with Crippen LogP contribution in [0.15, 0.2) is 24.4 Å². The quantitative estimate of drug-likeness (QED) is 0.368. The Morgan fingerprint density at radius 1 is 1.18 bits per heavy atom. The third kappa shape index (κ3) is 7.29. The summed E-state index contributed by atoms with van der Waals surface area (Å²) in [7, 11) is -4.05. The molecule has 1 aromatic heterocycles. The Bertz CT molecular complexity index is 1400. The van der Waals surface area contributed by atoms with E-state index in [0.717, 1.165) is 17.5 Å². The molecule has 4 rings (SSSR count). The van der Waals surface area contributed by atoms with Gasteiger partial charge < -0.3 is 15.5 Å². The SMILES string of the molecule is CCC(C)(C)S(=O)(=O)NC(=O)[C@@]12CC1/C=C\CCCCC[C@H](NC(=O)c1ccn(CC(F)F)n1)C(=O)N1CCCC1C(=O)N2. The fourth-order valence-corrected chi connectivity index (χ4v) is 6.68. The van der Waals surface area contributed by atoms with E-state index in [1.807, 2.05) is 12.2 Å². The largest absolute Gasteiger partial charge is 0.339 e. The van der Waals surface area contributed by atoms with E-state index in [4.69, 9.17) is 0 Å². The molecule has 2 aliphatic heterocycles. The molecule has 44 heavy (non-hydrogen) atoms. The zero-order valence-electron chi connectivity index (χ0n) is 25.4. The summed E-state index contributed by atoms with van der Waals surface area (Å²) in [5.74, 6) is -2.93. The van der Waals surface area contributed by atoms with Crippen LogP contribution in [-0.4, -0.2) is 82.1 Å². The van der Waals surface area contributed by atoms with Gasteiger partial charge in [-0.1, -0.05) is 31.9 Å². The van der Waals surface area contributed by atoms with Gasteiger partial charge in [0, 0.05) is 18.7 Å². The summed E-state index contributed by atoms with van der Waals surface area (Å²) in [6.07, 6.45) is 6.81. The zero-order chi connectivity index (χ0) is 32.3. The minimum Gasteiger partial charge on any atom is -0.339 e. The lowest BCUT2D eigenvalue weighted by Crippen LogP contribution is -2.59. The summed E-state index contributed by atoms with van der Waals surface area (Å²) < 4.78 is 53.4. The fourth-order valence-electron chi connectivity index (χ4n) is 5.59. The van der Waals surface area contributed by atoms with Crippen LogP contribution in [0.25, 0.3) is 0 Å². The molecule has 4 atom stereocenters. The molecule has 1 saturated carbocycles. The van der Waals surface area contributed by atoms with Crippen molar-refractivity contribution >= 4 is 33.7 Å². The number of nitrogens with one attached hydrogen (secondary N) is 3. The summed E-state index contributed by atoms with van der Waals surface area (Å²) in [5, 5.41) is 9.37. The second-order valence-electron chi connectivity index (χ2n) is 12.4. The average Bonchev–Trinajstić information content (AvgIpc) is 3.28. The van der Waals surface area contributed by atoms with Crippen LogP contribution in [0.2, 0.25) is 0 Å². The minimum absolute atomic E-state index is 0.107. The van der Waals surface area contributed by atoms with Crippen molar-refractivity contribution in [3.05, 3.63) is 30.1 Å². The summed E-state index contributed by atoms with van der Waals surface area (Å²) in [6.45, 7) is 4.33. The van der Waals surface area contributed by atoms with Crippen LogP contribution in [-0.2, 0) is 31.0 Å². The molecular weight excluding hydrogens is 598 g/mol. The third-order valence-corrected chi connectivity index (χ3v) is 11.1. The molecule has 12 nitrogen and oxygen atoms in total. The van der Waals surface area contributed by atoms with Crippen molar-refractivity contribution in [2.24, 2.45) is 5.92 Å². The smallest absolute Gasteiger partial charge is 0.272 e. The van der Waals surface area contributed by atoms with E-state index in [1.54, 1.807) is 6.92 Å². The Labute approximate surface area is 256 Å². The molecule has 3 aliphatic rings. The number of nitrogens with zero attached hydrogens (tertiary/aromatic N) is 3. The van der Waals surface area contributed by atoms with E-state index in [-0.39, 0.29) is 25.1 Å². The van der Waals surface area contributed by atoms with Crippen LogP contribution in [0, 0.1) is 5.92 Å². The van der Waals surface area contributed by atoms with Gasteiger partial charge in [0.25, 0.3) is 18.2 Å². The van der Waals surface area contributed by atoms with Crippen LogP contribution in [0.1, 0.15) is 89.0 Å². The van der Waals surface area contributed by atoms with Gasteiger partial charge in [-0.15, -0.1) is 0 Å². The van der Waals surface area contributed by atoms with Gasteiger partial charge >= 0.3 is 0 Å². The Balaban J connectivity index is 1.55. The van der Waals surface area contributed by atoms with E-state index in [9.17, 15) is 36.4 Å². The average molecular weight is 641 g/mol. The predicted molar refractivity (Wildman–Crippen MR) is 157 cm³/mol. The lowest BCUT2D eigenvalue weighted by Gasteiger charge is -2.30. The number of alkyl halides is 2. The first-order chi connectivity index (χ1) is 20.7. The van der Waals surface area contributed by atoms with Crippen LogP contribution < -0.4 is 15.4 Å². The maximum Gasteiger partial charge on any atom is 0.272 e. The number of hydrogen-bond acceptors (Lipinski definition) is 7. The molecule has 0 spiro atoms. The number of carbonyl (C=O) groups is 4. The summed E-state index contributed by atoms with van der Waals surface area (Å²) in [6, 6.07) is -0.606. The number of allylic oxidation sites excluding steroid dienone is 1. The van der Waals surface area contributed by atoms with Crippen molar-refractivity contribution < 1.29 is 36.4 Å². The molecule has 0 aromatic carbocycles. The number of rotatable bonds is 8. The van der Waals surface area contributed by atoms with E-state index in [0.29, 0.717) is 32.1 Å². The molecule has 2 unspecified atom stereocenters. The van der Waals surface area contributed by atoms with Gasteiger partial charge in [-0.3, -0.25) is 28.6 Å². The van der Waals surface area contributed by atoms with Gasteiger partial charge in [-0.2, -0.15) is 5.10 Å². The van der Waals surface area contributed by atoms with Crippen molar-refractivity contribution in [2.75, 3.05) is 6.54 Å². The molecular formula is C29H42F2N6O6S. The number of halogens is 2. The first-order valence-electron chi connectivity index (χ1n) is 15.2. The molecule has 3 N–H and O–H groups in total. The van der Waals surface area contributed by atoms with Gasteiger partial charge in [-0.25, -0.2) is 17.2 Å². The summed E-state index contributed by atoms with van der Waals surface area (Å²) in [4.78, 5) is 55.3. The number of sulfonamides is 1. The first-order valence-corrected chi connectivity index (χ1v) is 16.7. The Kier molecular flexibility index (Phi) is 10.2. The van der Waals surface area contributed by atoms with E-state index in [2.05, 4.69) is 20.5 Å². The molecule has 1 saturated heterocycles. The number of amides is 4. The van der Waals surface area contributed by atoms with Crippen LogP contribution in [0.5, 0.6) is 0 Å². The maximum absolute atomic E-state index is 13.8. The van der Waals surface area contributed by atoms with Crippen LogP contribution in [0.4, 0.5) is 8.78 Å². The van der Waals surface area contributed by atoms with Gasteiger partial charge in [0.15, 0.2) is 0 Å². The third-order valence-electron chi connectivity index (χ3n) is 8.94. The first kappa shape index (κ1) is 33.5. The van der Waals surface area contributed by atoms with Crippen molar-refractivity contribution in [3.63, 3.8) is 0 Å². The van der Waals surface area contributed by atoms with Crippen LogP contribution in [0.3, 0.4) is 0 Å². The van der Waals surface area contributed by atoms with Gasteiger partial charge in [0.1, 0.15) is 29.9 Å². The molecule has 2 fully saturated rings. The fraction of sp³-hybridized carbons (Fsp3) is 0.690. The van der Waals surface area contributed by atoms with Gasteiger partial charge in [0.2, 0.25) is 21.8 Å². The van der Waals surface area contributed by atoms with E-state index in [1.165, 1.54) is 31.0 Å². The molecule has 0 bridgehead atoms. The number of hydrogen-bond donors (Lipinski definition) is 3. The summed E-state index contributed by atoms with van der Waals surface area (Å²) >= 11 is 0. The predicted octanol–water partition coefficient (Wildman–Crippen LogP) is 2.27. The second kappa shape index (κ2) is 13.3. The van der Waals surface area contributed by atoms with Gasteiger partial charge in [-0.05, 0) is 64.9 Å². The highest BCUT2D eigenvalue weighted by atomic mass is 32.2. The lowest BCUT2D eigenvalue weighted by atomic mass is 10.0. The molecule has 0 radical (unpaired) electrons. The zero-order valence-corrected chi connectivity index (χ0v) is 26.2. The minimum atomic E-state index is -4.05. The van der Waals surface area contributed by atoms with Crippen molar-refractivity contribution in [1.29, 1.82) is 0 Å². The summed E-state index contributed by atoms with van der Waals surface area (Å²) in [5.41, 5.74) is -1.57. The van der Waals surface area contributed by atoms with Crippen LogP contribution >= 0.6 is 0 Å². The Morgan fingerprint density at radius 3 is 2.64 bits per heavy atom. The standard InChI is InChI=1S/C29H42F2N6O6S/c1-4-28(2,3)44(42,43)35-27(41)29-17-19(29)11-8-6-5-7-9-12-21(26(40)37-15-10-13-22(37)25(39)33-29)32-24(38)20-14-16-36(34-20)18-23(30)31/h8,11,14,16,19,21-23H,4-7,9-10,12-13,15,17-18H2,1-3H3,(H,32,38)(H,33,39)(H,35,41)/b11-8-/t19?,21-,22?,29+/m0/s1. The molecule has 244 valence electrons. The lowest BCUT2D eigenvalue weighted by molar-refractivity contribution is -0.141. The molecule has 3 heterocycles. The molecule has 1 aromatic rings. The number of aromatic nitrogens is 2. The molecule has 4 amide bonds. The van der Waals surface area contributed by atoms with E-state index >= 15 is 0 Å². The second-order valence-corrected chi connectivity index (χ2v) is 14.7. The topological polar surface area (TPSA) is 160 Å². The van der Waals surface area contributed by atoms with Crippen molar-refractivity contribution in [1.82, 2.24) is 30.0 Å². The number of fused-ring (bicyclic) bond motifs is 2. The van der Waals surface area contributed by atoms with Crippen molar-refractivity contribution in [2.45, 2.75) is 114 Å². The number of carbonyl (C=O) groups excluding carboxylic acids is 4. The monoisotopic (exact) mass is 640 g/mol. The Hall–Kier alpha value is -3.36. The van der Waals surface area contributed by atoms with E-state index < -0.39 is 74.9 Å². The normalized spacial score (nSPS) is 27.4. The van der Waals surface area contributed by atoms with Crippen molar-refractivity contribution in [3.8, 4) is 0 Å². The highest BCUT2D eigenvalue weighted by Gasteiger charge is 2.61. The Morgan fingerprint density at radius 2 is 1.93 bits per heavy atom.